The Morgan fingerprint density at radius 1 is 1.05 bits per heavy atom. The number of nitrogens with zero attached hydrogens (tertiary/aromatic N) is 1. The average molecular weight is 259 g/mol. The maximum absolute atomic E-state index is 12.0. The molecule has 1 aromatic rings. The largest absolute Gasteiger partial charge is 0.339 e. The van der Waals surface area contributed by atoms with Crippen molar-refractivity contribution in [3.05, 3.63) is 35.4 Å². The molecule has 0 atom stereocenters. The van der Waals surface area contributed by atoms with Gasteiger partial charge in [0.15, 0.2) is 5.78 Å². The standard InChI is InChI=1S/C16H21NO2/c1-16(2,3)13-6-4-12(5-7-13)14(18)8-9-15(19)17-10-11-17/h4-7H,8-11H2,1-3H3. The van der Waals surface area contributed by atoms with E-state index < -0.39 is 0 Å². The molecule has 1 aliphatic heterocycles. The van der Waals surface area contributed by atoms with E-state index in [1.807, 2.05) is 24.3 Å². The second-order valence-electron chi connectivity index (χ2n) is 6.13. The molecule has 19 heavy (non-hydrogen) atoms. The van der Waals surface area contributed by atoms with Crippen molar-refractivity contribution in [2.45, 2.75) is 39.0 Å². The third-order valence-corrected chi connectivity index (χ3v) is 3.44. The third-order valence-electron chi connectivity index (χ3n) is 3.44. The molecule has 1 aliphatic rings. The van der Waals surface area contributed by atoms with Gasteiger partial charge in [-0.2, -0.15) is 0 Å². The number of hydrogen-bond acceptors (Lipinski definition) is 2. The maximum atomic E-state index is 12.0. The number of carbonyl (C=O) groups is 2. The number of ketones is 1. The minimum atomic E-state index is 0.0515. The van der Waals surface area contributed by atoms with Crippen LogP contribution in [0.5, 0.6) is 0 Å². The number of hydrogen-bond donors (Lipinski definition) is 0. The Labute approximate surface area is 114 Å². The molecule has 3 heteroatoms. The van der Waals surface area contributed by atoms with Crippen molar-refractivity contribution in [3.63, 3.8) is 0 Å². The normalized spacial score (nSPS) is 14.4. The lowest BCUT2D eigenvalue weighted by Crippen LogP contribution is -2.13. The molecular weight excluding hydrogens is 238 g/mol. The maximum Gasteiger partial charge on any atom is 0.223 e. The quantitative estimate of drug-likeness (QED) is 0.616. The van der Waals surface area contributed by atoms with Gasteiger partial charge in [0.1, 0.15) is 0 Å². The van der Waals surface area contributed by atoms with Gasteiger partial charge in [0.25, 0.3) is 0 Å². The Kier molecular flexibility index (Phi) is 3.74. The van der Waals surface area contributed by atoms with Gasteiger partial charge in [-0.3, -0.25) is 9.59 Å². The Balaban J connectivity index is 1.93. The monoisotopic (exact) mass is 259 g/mol. The van der Waals surface area contributed by atoms with Crippen LogP contribution in [0.2, 0.25) is 0 Å². The molecule has 1 saturated heterocycles. The molecule has 2 rings (SSSR count). The van der Waals surface area contributed by atoms with Crippen molar-refractivity contribution in [1.29, 1.82) is 0 Å². The summed E-state index contributed by atoms with van der Waals surface area (Å²) in [6.07, 6.45) is 0.643. The lowest BCUT2D eigenvalue weighted by atomic mass is 9.86. The molecular formula is C16H21NO2. The average Bonchev–Trinajstić information content (AvgIpc) is 3.19. The smallest absolute Gasteiger partial charge is 0.223 e. The lowest BCUT2D eigenvalue weighted by molar-refractivity contribution is -0.125. The minimum absolute atomic E-state index is 0.0515. The van der Waals surface area contributed by atoms with Crippen LogP contribution in [0.1, 0.15) is 49.5 Å². The summed E-state index contributed by atoms with van der Waals surface area (Å²) in [5.41, 5.74) is 2.01. The van der Waals surface area contributed by atoms with Crippen molar-refractivity contribution in [2.75, 3.05) is 13.1 Å². The van der Waals surface area contributed by atoms with E-state index >= 15 is 0 Å². The second kappa shape index (κ2) is 5.16. The Morgan fingerprint density at radius 2 is 1.63 bits per heavy atom. The van der Waals surface area contributed by atoms with Gasteiger partial charge in [0, 0.05) is 31.5 Å². The highest BCUT2D eigenvalue weighted by Crippen LogP contribution is 2.22. The van der Waals surface area contributed by atoms with E-state index in [0.29, 0.717) is 18.4 Å². The number of benzene rings is 1. The van der Waals surface area contributed by atoms with Gasteiger partial charge in [0.2, 0.25) is 5.91 Å². The van der Waals surface area contributed by atoms with Crippen LogP contribution in [0.25, 0.3) is 0 Å². The lowest BCUT2D eigenvalue weighted by Gasteiger charge is -2.18. The van der Waals surface area contributed by atoms with E-state index in [1.54, 1.807) is 4.90 Å². The molecule has 0 radical (unpaired) electrons. The first kappa shape index (κ1) is 13.8. The predicted octanol–water partition coefficient (Wildman–Crippen LogP) is 2.79. The van der Waals surface area contributed by atoms with E-state index in [9.17, 15) is 9.59 Å². The van der Waals surface area contributed by atoms with Crippen LogP contribution in [0.3, 0.4) is 0 Å². The predicted molar refractivity (Wildman–Crippen MR) is 75.3 cm³/mol. The molecule has 0 saturated carbocycles. The fourth-order valence-electron chi connectivity index (χ4n) is 1.98. The first-order valence-corrected chi connectivity index (χ1v) is 6.79. The second-order valence-corrected chi connectivity index (χ2v) is 6.13. The number of amides is 1. The molecule has 0 N–H and O–H groups in total. The summed E-state index contributed by atoms with van der Waals surface area (Å²) in [5, 5.41) is 0. The van der Waals surface area contributed by atoms with Gasteiger partial charge in [0.05, 0.1) is 0 Å². The van der Waals surface area contributed by atoms with Crippen molar-refractivity contribution >= 4 is 11.7 Å². The molecule has 1 heterocycles. The molecule has 0 aromatic heterocycles. The Morgan fingerprint density at radius 3 is 2.11 bits per heavy atom. The van der Waals surface area contributed by atoms with Gasteiger partial charge in [-0.15, -0.1) is 0 Å². The summed E-state index contributed by atoms with van der Waals surface area (Å²) in [5.74, 6) is 0.148. The molecule has 1 fully saturated rings. The summed E-state index contributed by atoms with van der Waals surface area (Å²) in [7, 11) is 0. The highest BCUT2D eigenvalue weighted by Gasteiger charge is 2.24. The molecule has 1 aromatic carbocycles. The first-order chi connectivity index (χ1) is 8.88. The van der Waals surface area contributed by atoms with Gasteiger partial charge in [-0.1, -0.05) is 45.0 Å². The zero-order chi connectivity index (χ0) is 14.0. The summed E-state index contributed by atoms with van der Waals surface area (Å²) >= 11 is 0. The van der Waals surface area contributed by atoms with E-state index in [2.05, 4.69) is 20.8 Å². The molecule has 0 unspecified atom stereocenters. The molecule has 0 aliphatic carbocycles. The van der Waals surface area contributed by atoms with Crippen LogP contribution in [0.15, 0.2) is 24.3 Å². The topological polar surface area (TPSA) is 37.1 Å². The highest BCUT2D eigenvalue weighted by atomic mass is 16.2. The minimum Gasteiger partial charge on any atom is -0.339 e. The van der Waals surface area contributed by atoms with E-state index in [1.165, 1.54) is 5.56 Å². The molecule has 0 spiro atoms. The summed E-state index contributed by atoms with van der Waals surface area (Å²) in [6.45, 7) is 8.15. The Bertz CT molecular complexity index is 478. The highest BCUT2D eigenvalue weighted by molar-refractivity contribution is 5.98. The molecule has 102 valence electrons. The summed E-state index contributed by atoms with van der Waals surface area (Å²) in [4.78, 5) is 25.2. The van der Waals surface area contributed by atoms with E-state index in [4.69, 9.17) is 0 Å². The van der Waals surface area contributed by atoms with Crippen LogP contribution in [-0.2, 0) is 10.2 Å². The number of Topliss-reactive ketones (excluding diaryl/α,β-unsaturated/α-hetero) is 1. The zero-order valence-corrected chi connectivity index (χ0v) is 11.9. The van der Waals surface area contributed by atoms with E-state index in [-0.39, 0.29) is 17.1 Å². The van der Waals surface area contributed by atoms with E-state index in [0.717, 1.165) is 13.1 Å². The fraction of sp³-hybridized carbons (Fsp3) is 0.500. The van der Waals surface area contributed by atoms with Crippen LogP contribution < -0.4 is 0 Å². The van der Waals surface area contributed by atoms with Crippen LogP contribution in [-0.4, -0.2) is 29.7 Å². The van der Waals surface area contributed by atoms with Crippen molar-refractivity contribution in [3.8, 4) is 0 Å². The van der Waals surface area contributed by atoms with Crippen LogP contribution in [0.4, 0.5) is 0 Å². The van der Waals surface area contributed by atoms with Crippen LogP contribution >= 0.6 is 0 Å². The van der Waals surface area contributed by atoms with Gasteiger partial charge >= 0.3 is 0 Å². The summed E-state index contributed by atoms with van der Waals surface area (Å²) in [6, 6.07) is 7.73. The van der Waals surface area contributed by atoms with Crippen molar-refractivity contribution in [2.24, 2.45) is 0 Å². The summed E-state index contributed by atoms with van der Waals surface area (Å²) < 4.78 is 0. The molecule has 3 nitrogen and oxygen atoms in total. The zero-order valence-electron chi connectivity index (χ0n) is 11.9. The van der Waals surface area contributed by atoms with Gasteiger partial charge < -0.3 is 4.90 Å². The van der Waals surface area contributed by atoms with Crippen molar-refractivity contribution in [1.82, 2.24) is 4.90 Å². The van der Waals surface area contributed by atoms with Crippen molar-refractivity contribution < 1.29 is 9.59 Å². The first-order valence-electron chi connectivity index (χ1n) is 6.79. The fourth-order valence-corrected chi connectivity index (χ4v) is 1.98. The molecule has 0 bridgehead atoms. The Hall–Kier alpha value is -1.64. The molecule has 1 amide bonds. The SMILES string of the molecule is CC(C)(C)c1ccc(C(=O)CCC(=O)N2CC2)cc1. The number of carbonyl (C=O) groups excluding carboxylic acids is 2. The van der Waals surface area contributed by atoms with Gasteiger partial charge in [-0.05, 0) is 11.0 Å². The third kappa shape index (κ3) is 3.66. The van der Waals surface area contributed by atoms with Gasteiger partial charge in [-0.25, -0.2) is 0 Å². The number of rotatable bonds is 4. The van der Waals surface area contributed by atoms with Crippen LogP contribution in [0, 0.1) is 0 Å².